The van der Waals surface area contributed by atoms with Gasteiger partial charge in [-0.15, -0.1) is 0 Å². The van der Waals surface area contributed by atoms with Gasteiger partial charge in [0.25, 0.3) is 11.5 Å². The van der Waals surface area contributed by atoms with Crippen molar-refractivity contribution in [1.29, 1.82) is 0 Å². The molecule has 1 amide bonds. The Balaban J connectivity index is 1.79. The van der Waals surface area contributed by atoms with E-state index in [-0.39, 0.29) is 17.9 Å². The fraction of sp³-hybridized carbons (Fsp3) is 0.333. The maximum Gasteiger partial charge on any atom is 0.325 e. The van der Waals surface area contributed by atoms with E-state index in [1.54, 1.807) is 6.07 Å². The molecule has 0 spiro atoms. The Bertz CT molecular complexity index is 821. The van der Waals surface area contributed by atoms with Crippen molar-refractivity contribution in [3.05, 3.63) is 45.5 Å². The van der Waals surface area contributed by atoms with Crippen LogP contribution in [-0.4, -0.2) is 31.7 Å². The van der Waals surface area contributed by atoms with Gasteiger partial charge in [0.05, 0.1) is 0 Å². The number of carboxylic acids is 1. The average Bonchev–Trinajstić information content (AvgIpc) is 2.92. The van der Waals surface area contributed by atoms with Crippen molar-refractivity contribution >= 4 is 17.7 Å². The smallest absolute Gasteiger partial charge is 0.325 e. The Kier molecular flexibility index (Phi) is 3.96. The molecule has 0 atom stereocenters. The van der Waals surface area contributed by atoms with Crippen molar-refractivity contribution < 1.29 is 14.7 Å². The number of aromatic nitrogens is 3. The summed E-state index contributed by atoms with van der Waals surface area (Å²) in [7, 11) is 0. The van der Waals surface area contributed by atoms with Gasteiger partial charge in [-0.1, -0.05) is 0 Å². The van der Waals surface area contributed by atoms with Crippen LogP contribution in [-0.2, 0) is 24.2 Å². The molecule has 2 aromatic rings. The lowest BCUT2D eigenvalue weighted by molar-refractivity contribution is -0.137. The molecule has 120 valence electrons. The monoisotopic (exact) mass is 316 g/mol. The van der Waals surface area contributed by atoms with Gasteiger partial charge in [0.1, 0.15) is 12.1 Å². The fourth-order valence-corrected chi connectivity index (χ4v) is 2.68. The first kappa shape index (κ1) is 15.0. The average molecular weight is 316 g/mol. The molecular weight excluding hydrogens is 300 g/mol. The van der Waals surface area contributed by atoms with Gasteiger partial charge in [0, 0.05) is 18.0 Å². The number of aliphatic carboxylic acids is 1. The van der Waals surface area contributed by atoms with Crippen LogP contribution in [0.25, 0.3) is 0 Å². The molecule has 0 saturated carbocycles. The molecule has 3 N–H and O–H groups in total. The molecule has 1 aliphatic carbocycles. The molecule has 3 rings (SSSR count). The van der Waals surface area contributed by atoms with E-state index in [2.05, 4.69) is 15.4 Å². The number of aromatic amines is 1. The number of anilines is 1. The van der Waals surface area contributed by atoms with Gasteiger partial charge < -0.3 is 15.4 Å². The summed E-state index contributed by atoms with van der Waals surface area (Å²) in [5.74, 6) is -1.38. The number of carboxylic acid groups (broad SMARTS) is 1. The molecule has 8 nitrogen and oxygen atoms in total. The number of pyridine rings is 1. The SMILES string of the molecule is O=C(O)Cn1ccc(NC(=O)c2cc3c([nH]c2=O)CCCC3)n1. The number of nitrogens with zero attached hydrogens (tertiary/aromatic N) is 2. The first-order valence-electron chi connectivity index (χ1n) is 7.34. The highest BCUT2D eigenvalue weighted by Crippen LogP contribution is 2.18. The topological polar surface area (TPSA) is 117 Å². The second-order valence-corrected chi connectivity index (χ2v) is 5.47. The molecule has 0 aliphatic heterocycles. The van der Waals surface area contributed by atoms with Gasteiger partial charge in [0.2, 0.25) is 0 Å². The number of carbonyl (C=O) groups is 2. The molecule has 0 radical (unpaired) electrons. The molecular formula is C15H16N4O4. The van der Waals surface area contributed by atoms with Crippen LogP contribution in [0.3, 0.4) is 0 Å². The number of hydrogen-bond donors (Lipinski definition) is 3. The number of hydrogen-bond acceptors (Lipinski definition) is 4. The summed E-state index contributed by atoms with van der Waals surface area (Å²) in [6, 6.07) is 3.12. The highest BCUT2D eigenvalue weighted by molar-refractivity contribution is 6.03. The molecule has 0 unspecified atom stereocenters. The van der Waals surface area contributed by atoms with Gasteiger partial charge in [-0.05, 0) is 37.3 Å². The summed E-state index contributed by atoms with van der Waals surface area (Å²) < 4.78 is 1.19. The van der Waals surface area contributed by atoms with Gasteiger partial charge in [-0.2, -0.15) is 5.10 Å². The Morgan fingerprint density at radius 3 is 2.91 bits per heavy atom. The number of amides is 1. The summed E-state index contributed by atoms with van der Waals surface area (Å²) in [4.78, 5) is 37.7. The van der Waals surface area contributed by atoms with Crippen LogP contribution in [0, 0.1) is 0 Å². The van der Waals surface area contributed by atoms with E-state index >= 15 is 0 Å². The molecule has 1 aliphatic rings. The largest absolute Gasteiger partial charge is 0.480 e. The maximum atomic E-state index is 12.3. The van der Waals surface area contributed by atoms with Crippen molar-refractivity contribution in [2.24, 2.45) is 0 Å². The Hall–Kier alpha value is -2.90. The lowest BCUT2D eigenvalue weighted by Crippen LogP contribution is -2.26. The number of H-pyrrole nitrogens is 1. The van der Waals surface area contributed by atoms with Crippen molar-refractivity contribution in [2.45, 2.75) is 32.2 Å². The van der Waals surface area contributed by atoms with Gasteiger partial charge in [-0.3, -0.25) is 19.1 Å². The lowest BCUT2D eigenvalue weighted by atomic mass is 9.95. The summed E-state index contributed by atoms with van der Waals surface area (Å²) in [5, 5.41) is 15.1. The van der Waals surface area contributed by atoms with Crippen LogP contribution in [0.5, 0.6) is 0 Å². The predicted octanol–water partition coefficient (Wildman–Crippen LogP) is 0.787. The Morgan fingerprint density at radius 1 is 1.35 bits per heavy atom. The van der Waals surface area contributed by atoms with Crippen LogP contribution < -0.4 is 10.9 Å². The van der Waals surface area contributed by atoms with Gasteiger partial charge in [-0.25, -0.2) is 0 Å². The number of fused-ring (bicyclic) bond motifs is 1. The van der Waals surface area contributed by atoms with Crippen molar-refractivity contribution in [1.82, 2.24) is 14.8 Å². The molecule has 8 heteroatoms. The van der Waals surface area contributed by atoms with E-state index in [4.69, 9.17) is 5.11 Å². The number of nitrogens with one attached hydrogen (secondary N) is 2. The second kappa shape index (κ2) is 6.07. The maximum absolute atomic E-state index is 12.3. The van der Waals surface area contributed by atoms with Crippen molar-refractivity contribution in [3.63, 3.8) is 0 Å². The summed E-state index contributed by atoms with van der Waals surface area (Å²) in [6.45, 7) is -0.296. The summed E-state index contributed by atoms with van der Waals surface area (Å²) >= 11 is 0. The third-order valence-electron chi connectivity index (χ3n) is 3.76. The normalized spacial score (nSPS) is 13.4. The Morgan fingerprint density at radius 2 is 2.13 bits per heavy atom. The van der Waals surface area contributed by atoms with E-state index in [1.807, 2.05) is 0 Å². The highest BCUT2D eigenvalue weighted by atomic mass is 16.4. The minimum absolute atomic E-state index is 0.0402. The standard InChI is InChI=1S/C15H16N4O4/c20-13(21)8-19-6-5-12(18-19)17-15(23)10-7-9-3-1-2-4-11(9)16-14(10)22/h5-7H,1-4,8H2,(H,16,22)(H,20,21)(H,17,18,23). The second-order valence-electron chi connectivity index (χ2n) is 5.47. The molecule has 2 heterocycles. The van der Waals surface area contributed by atoms with Crippen LogP contribution in [0.4, 0.5) is 5.82 Å². The predicted molar refractivity (Wildman–Crippen MR) is 81.5 cm³/mol. The van der Waals surface area contributed by atoms with Gasteiger partial charge in [0.15, 0.2) is 5.82 Å². The molecule has 0 aromatic carbocycles. The van der Waals surface area contributed by atoms with Crippen LogP contribution >= 0.6 is 0 Å². The minimum Gasteiger partial charge on any atom is -0.480 e. The summed E-state index contributed by atoms with van der Waals surface area (Å²) in [5.41, 5.74) is 1.52. The molecule has 23 heavy (non-hydrogen) atoms. The van der Waals surface area contributed by atoms with Crippen molar-refractivity contribution in [3.8, 4) is 0 Å². The Labute approximate surface area is 131 Å². The van der Waals surface area contributed by atoms with E-state index in [0.717, 1.165) is 36.9 Å². The molecule has 0 fully saturated rings. The van der Waals surface area contributed by atoms with E-state index in [9.17, 15) is 14.4 Å². The number of carbonyl (C=O) groups excluding carboxylic acids is 1. The first-order valence-corrected chi connectivity index (χ1v) is 7.34. The first-order chi connectivity index (χ1) is 11.0. The highest BCUT2D eigenvalue weighted by Gasteiger charge is 2.17. The molecule has 2 aromatic heterocycles. The van der Waals surface area contributed by atoms with Crippen LogP contribution in [0.15, 0.2) is 23.1 Å². The fourth-order valence-electron chi connectivity index (χ4n) is 2.68. The van der Waals surface area contributed by atoms with E-state index in [1.165, 1.54) is 16.9 Å². The number of rotatable bonds is 4. The van der Waals surface area contributed by atoms with Crippen LogP contribution in [0.1, 0.15) is 34.5 Å². The van der Waals surface area contributed by atoms with Crippen molar-refractivity contribution in [2.75, 3.05) is 5.32 Å². The molecule has 0 bridgehead atoms. The third-order valence-corrected chi connectivity index (χ3v) is 3.76. The minimum atomic E-state index is -1.03. The zero-order chi connectivity index (χ0) is 16.4. The summed E-state index contributed by atoms with van der Waals surface area (Å²) in [6.07, 6.45) is 5.20. The quantitative estimate of drug-likeness (QED) is 0.771. The lowest BCUT2D eigenvalue weighted by Gasteiger charge is -2.15. The van der Waals surface area contributed by atoms with E-state index in [0.29, 0.717) is 0 Å². The van der Waals surface area contributed by atoms with Gasteiger partial charge >= 0.3 is 5.97 Å². The molecule has 0 saturated heterocycles. The van der Waals surface area contributed by atoms with Crippen LogP contribution in [0.2, 0.25) is 0 Å². The van der Waals surface area contributed by atoms with E-state index < -0.39 is 17.4 Å². The zero-order valence-electron chi connectivity index (χ0n) is 12.3. The number of aryl methyl sites for hydroxylation is 2. The third kappa shape index (κ3) is 3.31. The zero-order valence-corrected chi connectivity index (χ0v) is 12.3.